The second-order valence-electron chi connectivity index (χ2n) is 5.62. The number of hydrogen-bond acceptors (Lipinski definition) is 4. The minimum absolute atomic E-state index is 0.477. The molecule has 1 N–H and O–H groups in total. The van der Waals surface area contributed by atoms with Crippen molar-refractivity contribution in [3.63, 3.8) is 0 Å². The van der Waals surface area contributed by atoms with Crippen LogP contribution in [0.2, 0.25) is 0 Å². The van der Waals surface area contributed by atoms with Gasteiger partial charge < -0.3 is 5.32 Å². The molecule has 2 aliphatic rings. The lowest BCUT2D eigenvalue weighted by atomic mass is 10.0. The van der Waals surface area contributed by atoms with Gasteiger partial charge in [0.25, 0.3) is 0 Å². The molecule has 0 amide bonds. The fraction of sp³-hybridized carbons (Fsp3) is 0.786. The molecule has 18 heavy (non-hydrogen) atoms. The number of rotatable bonds is 3. The van der Waals surface area contributed by atoms with E-state index in [0.717, 1.165) is 12.1 Å². The molecule has 3 nitrogen and oxygen atoms in total. The maximum absolute atomic E-state index is 4.67. The largest absolute Gasteiger partial charge is 0.312 e. The van der Waals surface area contributed by atoms with Crippen molar-refractivity contribution < 1.29 is 0 Å². The third-order valence-electron chi connectivity index (χ3n) is 4.47. The maximum Gasteiger partial charge on any atom is 0.0898 e. The monoisotopic (exact) mass is 265 g/mol. The van der Waals surface area contributed by atoms with Crippen LogP contribution in [0.5, 0.6) is 0 Å². The van der Waals surface area contributed by atoms with E-state index in [1.165, 1.54) is 49.5 Å². The molecule has 1 aromatic heterocycles. The molecule has 3 atom stereocenters. The van der Waals surface area contributed by atoms with E-state index in [0.29, 0.717) is 6.04 Å². The van der Waals surface area contributed by atoms with Crippen LogP contribution in [0.15, 0.2) is 5.38 Å². The SMILES string of the molecule is Cc1nc(C(C)N2CCCC2C2CCCN2)cs1. The van der Waals surface area contributed by atoms with E-state index >= 15 is 0 Å². The molecule has 0 saturated carbocycles. The molecule has 0 aliphatic carbocycles. The predicted octanol–water partition coefficient (Wildman–Crippen LogP) is 2.73. The minimum Gasteiger partial charge on any atom is -0.312 e. The van der Waals surface area contributed by atoms with Crippen molar-refractivity contribution in [3.8, 4) is 0 Å². The Hall–Kier alpha value is -0.450. The van der Waals surface area contributed by atoms with Crippen LogP contribution in [0.4, 0.5) is 0 Å². The van der Waals surface area contributed by atoms with Crippen molar-refractivity contribution in [1.29, 1.82) is 0 Å². The lowest BCUT2D eigenvalue weighted by Crippen LogP contribution is -2.44. The van der Waals surface area contributed by atoms with Crippen LogP contribution in [0.25, 0.3) is 0 Å². The van der Waals surface area contributed by atoms with E-state index in [2.05, 4.69) is 34.4 Å². The molecule has 0 radical (unpaired) electrons. The highest BCUT2D eigenvalue weighted by Crippen LogP contribution is 2.33. The number of aryl methyl sites for hydroxylation is 1. The molecular formula is C14H23N3S. The summed E-state index contributed by atoms with van der Waals surface area (Å²) in [6.45, 7) is 6.86. The zero-order valence-corrected chi connectivity index (χ0v) is 12.2. The number of aromatic nitrogens is 1. The van der Waals surface area contributed by atoms with Gasteiger partial charge in [0.05, 0.1) is 16.7 Å². The fourth-order valence-electron chi connectivity index (χ4n) is 3.51. The minimum atomic E-state index is 0.477. The molecule has 2 saturated heterocycles. The van der Waals surface area contributed by atoms with Gasteiger partial charge in [-0.2, -0.15) is 0 Å². The summed E-state index contributed by atoms with van der Waals surface area (Å²) in [5.74, 6) is 0. The smallest absolute Gasteiger partial charge is 0.0898 e. The summed E-state index contributed by atoms with van der Waals surface area (Å²) in [7, 11) is 0. The van der Waals surface area contributed by atoms with Gasteiger partial charge in [-0.25, -0.2) is 4.98 Å². The van der Waals surface area contributed by atoms with Crippen molar-refractivity contribution in [2.75, 3.05) is 13.1 Å². The van der Waals surface area contributed by atoms with Crippen LogP contribution in [-0.2, 0) is 0 Å². The zero-order valence-electron chi connectivity index (χ0n) is 11.4. The maximum atomic E-state index is 4.67. The van der Waals surface area contributed by atoms with Gasteiger partial charge in [0.2, 0.25) is 0 Å². The van der Waals surface area contributed by atoms with Crippen molar-refractivity contribution in [2.24, 2.45) is 0 Å². The van der Waals surface area contributed by atoms with Crippen molar-refractivity contribution in [1.82, 2.24) is 15.2 Å². The molecule has 0 bridgehead atoms. The Morgan fingerprint density at radius 2 is 2.33 bits per heavy atom. The number of hydrogen-bond donors (Lipinski definition) is 1. The second-order valence-corrected chi connectivity index (χ2v) is 6.68. The quantitative estimate of drug-likeness (QED) is 0.911. The summed E-state index contributed by atoms with van der Waals surface area (Å²) in [4.78, 5) is 7.35. The van der Waals surface area contributed by atoms with Crippen LogP contribution < -0.4 is 5.32 Å². The van der Waals surface area contributed by atoms with Crippen LogP contribution in [0, 0.1) is 6.92 Å². The first-order valence-corrected chi connectivity index (χ1v) is 8.05. The Morgan fingerprint density at radius 1 is 1.44 bits per heavy atom. The third-order valence-corrected chi connectivity index (χ3v) is 5.26. The summed E-state index contributed by atoms with van der Waals surface area (Å²) in [5.41, 5.74) is 1.27. The molecule has 2 aliphatic heterocycles. The molecule has 1 aromatic rings. The molecule has 4 heteroatoms. The van der Waals surface area contributed by atoms with Gasteiger partial charge in [0.1, 0.15) is 0 Å². The van der Waals surface area contributed by atoms with Crippen LogP contribution in [0.1, 0.15) is 49.4 Å². The highest BCUT2D eigenvalue weighted by molar-refractivity contribution is 7.09. The van der Waals surface area contributed by atoms with E-state index in [1.807, 2.05) is 0 Å². The number of nitrogens with one attached hydrogen (secondary N) is 1. The Kier molecular flexibility index (Phi) is 3.68. The summed E-state index contributed by atoms with van der Waals surface area (Å²) >= 11 is 1.77. The molecular weight excluding hydrogens is 242 g/mol. The molecule has 100 valence electrons. The van der Waals surface area contributed by atoms with Gasteiger partial charge in [-0.15, -0.1) is 11.3 Å². The first-order chi connectivity index (χ1) is 8.75. The second kappa shape index (κ2) is 5.27. The number of thiazole rings is 1. The Morgan fingerprint density at radius 3 is 3.00 bits per heavy atom. The summed E-state index contributed by atoms with van der Waals surface area (Å²) < 4.78 is 0. The summed E-state index contributed by atoms with van der Waals surface area (Å²) in [6, 6.07) is 1.92. The Balaban J connectivity index is 1.73. The molecule has 2 fully saturated rings. The first kappa shape index (κ1) is 12.6. The Labute approximate surface area is 114 Å². The average molecular weight is 265 g/mol. The van der Waals surface area contributed by atoms with Crippen molar-refractivity contribution in [2.45, 2.75) is 57.7 Å². The predicted molar refractivity (Wildman–Crippen MR) is 76.0 cm³/mol. The van der Waals surface area contributed by atoms with Crippen LogP contribution in [0.3, 0.4) is 0 Å². The van der Waals surface area contributed by atoms with Gasteiger partial charge in [0, 0.05) is 17.5 Å². The van der Waals surface area contributed by atoms with Crippen molar-refractivity contribution in [3.05, 3.63) is 16.1 Å². The van der Waals surface area contributed by atoms with Crippen LogP contribution in [-0.4, -0.2) is 35.1 Å². The molecule has 0 aromatic carbocycles. The number of likely N-dealkylation sites (tertiary alicyclic amines) is 1. The highest BCUT2D eigenvalue weighted by Gasteiger charge is 2.36. The van der Waals surface area contributed by atoms with Gasteiger partial charge in [-0.3, -0.25) is 4.90 Å². The molecule has 0 spiro atoms. The Bertz CT molecular complexity index is 397. The van der Waals surface area contributed by atoms with Gasteiger partial charge in [-0.05, 0) is 52.6 Å². The molecule has 3 rings (SSSR count). The van der Waals surface area contributed by atoms with Crippen molar-refractivity contribution >= 4 is 11.3 Å². The number of nitrogens with zero attached hydrogens (tertiary/aromatic N) is 2. The molecule has 3 heterocycles. The normalized spacial score (nSPS) is 31.0. The van der Waals surface area contributed by atoms with Crippen LogP contribution >= 0.6 is 11.3 Å². The van der Waals surface area contributed by atoms with Gasteiger partial charge in [-0.1, -0.05) is 0 Å². The summed E-state index contributed by atoms with van der Waals surface area (Å²) in [6.07, 6.45) is 5.39. The van der Waals surface area contributed by atoms with Gasteiger partial charge in [0.15, 0.2) is 0 Å². The first-order valence-electron chi connectivity index (χ1n) is 7.17. The topological polar surface area (TPSA) is 28.2 Å². The van der Waals surface area contributed by atoms with E-state index in [-0.39, 0.29) is 0 Å². The fourth-order valence-corrected chi connectivity index (χ4v) is 4.21. The van der Waals surface area contributed by atoms with Gasteiger partial charge >= 0.3 is 0 Å². The molecule has 3 unspecified atom stereocenters. The lowest BCUT2D eigenvalue weighted by molar-refractivity contribution is 0.161. The van der Waals surface area contributed by atoms with E-state index in [4.69, 9.17) is 0 Å². The van der Waals surface area contributed by atoms with E-state index in [1.54, 1.807) is 11.3 Å². The van der Waals surface area contributed by atoms with E-state index < -0.39 is 0 Å². The standard InChI is InChI=1S/C14H23N3S/c1-10(13-9-18-11(2)16-13)17-8-4-6-14(17)12-5-3-7-15-12/h9-10,12,14-15H,3-8H2,1-2H3. The highest BCUT2D eigenvalue weighted by atomic mass is 32.1. The third kappa shape index (κ3) is 2.33. The lowest BCUT2D eigenvalue weighted by Gasteiger charge is -2.33. The summed E-state index contributed by atoms with van der Waals surface area (Å²) in [5, 5.41) is 7.10. The van der Waals surface area contributed by atoms with E-state index in [9.17, 15) is 0 Å². The average Bonchev–Trinajstić information content (AvgIpc) is 3.08. The zero-order chi connectivity index (χ0) is 12.5.